The first kappa shape index (κ1) is 43.9. The molecule has 0 unspecified atom stereocenters. The lowest BCUT2D eigenvalue weighted by atomic mass is 9.98. The minimum Gasteiger partial charge on any atom is -0.359 e. The van der Waals surface area contributed by atoms with Gasteiger partial charge in [0.05, 0.1) is 10.0 Å². The van der Waals surface area contributed by atoms with Gasteiger partial charge in [-0.05, 0) is 122 Å². The first-order chi connectivity index (χ1) is 30.5. The molecule has 0 saturated carbocycles. The highest BCUT2D eigenvalue weighted by atomic mass is 35.5. The summed E-state index contributed by atoms with van der Waals surface area (Å²) in [5, 5.41) is 9.02. The van der Waals surface area contributed by atoms with Crippen molar-refractivity contribution in [2.45, 2.75) is 62.2 Å². The van der Waals surface area contributed by atoms with E-state index < -0.39 is 0 Å². The molecule has 4 amide bonds. The Morgan fingerprint density at radius 3 is 1.51 bits per heavy atom. The number of H-pyrrole nitrogens is 2. The summed E-state index contributed by atoms with van der Waals surface area (Å²) < 4.78 is 0. The number of amides is 4. The molecule has 63 heavy (non-hydrogen) atoms. The molecule has 2 fully saturated rings. The Labute approximate surface area is 381 Å². The van der Waals surface area contributed by atoms with Crippen molar-refractivity contribution in [2.75, 3.05) is 39.3 Å². The molecule has 8 rings (SSSR count). The molecule has 4 aromatic carbocycles. The number of aromatic nitrogens is 2. The van der Waals surface area contributed by atoms with Crippen molar-refractivity contribution in [1.29, 1.82) is 0 Å². The van der Waals surface area contributed by atoms with Crippen molar-refractivity contribution in [2.24, 2.45) is 0 Å². The first-order valence-corrected chi connectivity index (χ1v) is 23.1. The average Bonchev–Trinajstić information content (AvgIpc) is 4.06. The minimum absolute atomic E-state index is 0.180. The Hall–Kier alpha value is -5.75. The summed E-state index contributed by atoms with van der Waals surface area (Å²) in [5.74, 6) is -0.0961. The van der Waals surface area contributed by atoms with Gasteiger partial charge in [0, 0.05) is 118 Å². The Morgan fingerprint density at radius 2 is 1.10 bits per heavy atom. The number of nitrogens with one attached hydrogen (secondary N) is 4. The molecule has 0 atom stereocenters. The average molecular weight is 902 g/mol. The molecule has 2 saturated heterocycles. The fraction of sp³-hybridized carbons (Fsp3) is 0.280. The Bertz CT molecular complexity index is 2600. The maximum Gasteiger partial charge on any atom is 0.244 e. The van der Waals surface area contributed by atoms with Crippen molar-refractivity contribution in [3.63, 3.8) is 0 Å². The second-order valence-electron chi connectivity index (χ2n) is 16.2. The Balaban J connectivity index is 1.07. The van der Waals surface area contributed by atoms with Gasteiger partial charge in [-0.3, -0.25) is 19.2 Å². The van der Waals surface area contributed by atoms with Crippen molar-refractivity contribution < 1.29 is 19.2 Å². The zero-order valence-electron chi connectivity index (χ0n) is 35.4. The van der Waals surface area contributed by atoms with Crippen LogP contribution in [0.2, 0.25) is 10.0 Å². The van der Waals surface area contributed by atoms with Crippen molar-refractivity contribution in [3.05, 3.63) is 118 Å². The lowest BCUT2D eigenvalue weighted by Gasteiger charge is -2.17. The molecule has 0 bridgehead atoms. The molecule has 0 radical (unpaired) electrons. The molecule has 6 aromatic rings. The SMILES string of the molecule is Cc1cc2cc(-c3c(/C=C/C(=O)NCCCN4CCCC4=O)ccc(Sc4ccc(/C=C/C(=O)NCCCN5CCCC5=O)c(-c5ccc6[nH]c(C)cc6c5)c4Cl)c3Cl)ccc2[nH]1. The summed E-state index contributed by atoms with van der Waals surface area (Å²) >= 11 is 16.3. The second kappa shape index (κ2) is 19.7. The molecule has 2 aliphatic heterocycles. The third-order valence-electron chi connectivity index (χ3n) is 11.6. The highest BCUT2D eigenvalue weighted by molar-refractivity contribution is 7.99. The highest BCUT2D eigenvalue weighted by Gasteiger charge is 2.22. The zero-order chi connectivity index (χ0) is 44.0. The summed E-state index contributed by atoms with van der Waals surface area (Å²) in [6.45, 7) is 7.81. The van der Waals surface area contributed by atoms with E-state index in [1.165, 1.54) is 23.9 Å². The molecule has 2 aliphatic rings. The van der Waals surface area contributed by atoms with E-state index in [1.54, 1.807) is 12.2 Å². The number of hydrogen-bond donors (Lipinski definition) is 4. The van der Waals surface area contributed by atoms with Gasteiger partial charge < -0.3 is 30.4 Å². The number of halogens is 2. The number of carbonyl (C=O) groups excluding carboxylic acids is 4. The van der Waals surface area contributed by atoms with E-state index in [9.17, 15) is 19.2 Å². The van der Waals surface area contributed by atoms with E-state index >= 15 is 0 Å². The van der Waals surface area contributed by atoms with Gasteiger partial charge in [0.15, 0.2) is 0 Å². The summed E-state index contributed by atoms with van der Waals surface area (Å²) in [5.41, 5.74) is 9.03. The van der Waals surface area contributed by atoms with E-state index in [-0.39, 0.29) is 23.6 Å². The number of aryl methyl sites for hydroxylation is 2. The number of rotatable bonds is 16. The largest absolute Gasteiger partial charge is 0.359 e. The van der Waals surface area contributed by atoms with Gasteiger partial charge in [-0.25, -0.2) is 0 Å². The van der Waals surface area contributed by atoms with Crippen LogP contribution in [-0.4, -0.2) is 82.7 Å². The van der Waals surface area contributed by atoms with Crippen molar-refractivity contribution >= 4 is 92.6 Å². The maximum absolute atomic E-state index is 13.0. The van der Waals surface area contributed by atoms with Gasteiger partial charge in [-0.2, -0.15) is 0 Å². The van der Waals surface area contributed by atoms with E-state index in [4.69, 9.17) is 23.2 Å². The molecule has 0 aliphatic carbocycles. The molecule has 2 aromatic heterocycles. The molecule has 4 N–H and O–H groups in total. The van der Waals surface area contributed by atoms with Gasteiger partial charge >= 0.3 is 0 Å². The fourth-order valence-electron chi connectivity index (χ4n) is 8.44. The van der Waals surface area contributed by atoms with Crippen molar-refractivity contribution in [1.82, 2.24) is 30.4 Å². The topological polar surface area (TPSA) is 130 Å². The monoisotopic (exact) mass is 900 g/mol. The van der Waals surface area contributed by atoms with Gasteiger partial charge in [0.2, 0.25) is 23.6 Å². The van der Waals surface area contributed by atoms with Crippen LogP contribution in [0.25, 0.3) is 56.2 Å². The summed E-state index contributed by atoms with van der Waals surface area (Å²) in [6, 6.07) is 24.3. The van der Waals surface area contributed by atoms with Crippen LogP contribution >= 0.6 is 35.0 Å². The summed E-state index contributed by atoms with van der Waals surface area (Å²) in [6.07, 6.45) is 11.0. The van der Waals surface area contributed by atoms with Crippen molar-refractivity contribution in [3.8, 4) is 22.3 Å². The van der Waals surface area contributed by atoms with Gasteiger partial charge in [-0.1, -0.05) is 59.2 Å². The number of fused-ring (bicyclic) bond motifs is 2. The first-order valence-electron chi connectivity index (χ1n) is 21.5. The lowest BCUT2D eigenvalue weighted by Crippen LogP contribution is -2.29. The molecular formula is C50H50Cl2N6O4S. The second-order valence-corrected chi connectivity index (χ2v) is 18.1. The minimum atomic E-state index is -0.228. The number of hydrogen-bond acceptors (Lipinski definition) is 5. The van der Waals surface area contributed by atoms with Crippen LogP contribution in [-0.2, 0) is 19.2 Å². The third-order valence-corrected chi connectivity index (χ3v) is 13.7. The van der Waals surface area contributed by atoms with Gasteiger partial charge in [0.1, 0.15) is 0 Å². The summed E-state index contributed by atoms with van der Waals surface area (Å²) in [7, 11) is 0. The number of nitrogens with zero attached hydrogens (tertiary/aromatic N) is 2. The fourth-order valence-corrected chi connectivity index (χ4v) is 10.1. The van der Waals surface area contributed by atoms with Crippen LogP contribution < -0.4 is 10.6 Å². The van der Waals surface area contributed by atoms with Crippen LogP contribution in [0.5, 0.6) is 0 Å². The summed E-state index contributed by atoms with van der Waals surface area (Å²) in [4.78, 5) is 62.0. The van der Waals surface area contributed by atoms with Crippen LogP contribution in [0.15, 0.2) is 94.7 Å². The van der Waals surface area contributed by atoms with E-state index in [2.05, 4.69) is 44.9 Å². The molecule has 324 valence electrons. The maximum atomic E-state index is 13.0. The number of benzene rings is 4. The van der Waals surface area contributed by atoms with Crippen LogP contribution in [0.3, 0.4) is 0 Å². The molecule has 10 nitrogen and oxygen atoms in total. The smallest absolute Gasteiger partial charge is 0.244 e. The normalized spacial score (nSPS) is 14.4. The van der Waals surface area contributed by atoms with Crippen LogP contribution in [0, 0.1) is 13.8 Å². The quantitative estimate of drug-likeness (QED) is 0.0568. The molecule has 0 spiro atoms. The van der Waals surface area contributed by atoms with Crippen LogP contribution in [0.4, 0.5) is 0 Å². The zero-order valence-corrected chi connectivity index (χ0v) is 37.7. The standard InChI is InChI=1S/C50H50Cl2N6O4S/c1-31-27-37-29-35(9-15-39(37)55-31)47-33(13-19-43(59)53-21-5-25-57-23-3-7-45(57)61)11-17-41(49(47)51)63-42-18-12-34(14-20-44(60)54-22-6-26-58-24-4-8-46(58)62)48(50(42)52)36-10-16-40-38(30-36)28-32(2)56-40/h9-20,27-30,55-56H,3-8,21-26H2,1-2H3,(H,53,59)(H,54,60)/b19-13+,20-14+. The molecular weight excluding hydrogens is 852 g/mol. The number of carbonyl (C=O) groups is 4. The third kappa shape index (κ3) is 10.4. The predicted molar refractivity (Wildman–Crippen MR) is 256 cm³/mol. The highest BCUT2D eigenvalue weighted by Crippen LogP contribution is 2.47. The van der Waals surface area contributed by atoms with Gasteiger partial charge in [-0.15, -0.1) is 0 Å². The Morgan fingerprint density at radius 1 is 0.651 bits per heavy atom. The van der Waals surface area contributed by atoms with Gasteiger partial charge in [0.25, 0.3) is 0 Å². The molecule has 13 heteroatoms. The van der Waals surface area contributed by atoms with E-state index in [0.29, 0.717) is 61.9 Å². The Kier molecular flexibility index (Phi) is 13.8. The molecule has 4 heterocycles. The lowest BCUT2D eigenvalue weighted by molar-refractivity contribution is -0.128. The van der Waals surface area contributed by atoms with E-state index in [0.717, 1.165) is 102 Å². The number of likely N-dealkylation sites (tertiary alicyclic amines) is 2. The predicted octanol–water partition coefficient (Wildman–Crippen LogP) is 10.3. The van der Waals surface area contributed by atoms with E-state index in [1.807, 2.05) is 72.2 Å². The number of aromatic amines is 2. The van der Waals surface area contributed by atoms with Crippen LogP contribution in [0.1, 0.15) is 61.0 Å².